The number of rotatable bonds is 5. The molecule has 0 atom stereocenters. The van der Waals surface area contributed by atoms with E-state index in [1.807, 2.05) is 19.1 Å². The topological polar surface area (TPSA) is 59.9 Å². The van der Waals surface area contributed by atoms with Crippen LogP contribution in [0.3, 0.4) is 0 Å². The number of nitrogens with one attached hydrogen (secondary N) is 1. The molecule has 0 aliphatic rings. The highest BCUT2D eigenvalue weighted by Crippen LogP contribution is 2.28. The van der Waals surface area contributed by atoms with Crippen molar-refractivity contribution in [2.24, 2.45) is 5.16 Å². The van der Waals surface area contributed by atoms with Crippen LogP contribution in [0, 0.1) is 6.92 Å². The van der Waals surface area contributed by atoms with Crippen molar-refractivity contribution in [3.63, 3.8) is 0 Å². The van der Waals surface area contributed by atoms with Crippen molar-refractivity contribution >= 4 is 23.2 Å². The quantitative estimate of drug-likeness (QED) is 0.673. The number of halogens is 1. The van der Waals surface area contributed by atoms with Crippen molar-refractivity contribution in [3.8, 4) is 11.5 Å². The third-order valence-electron chi connectivity index (χ3n) is 3.12. The highest BCUT2D eigenvalue weighted by Gasteiger charge is 2.18. The molecule has 0 aromatic heterocycles. The van der Waals surface area contributed by atoms with E-state index in [0.29, 0.717) is 22.1 Å². The van der Waals surface area contributed by atoms with Gasteiger partial charge in [-0.3, -0.25) is 4.79 Å². The zero-order valence-corrected chi connectivity index (χ0v) is 13.8. The van der Waals surface area contributed by atoms with Crippen LogP contribution < -0.4 is 10.1 Å². The Balaban J connectivity index is 2.42. The van der Waals surface area contributed by atoms with E-state index in [-0.39, 0.29) is 11.6 Å². The standard InChI is InChI=1S/C17H17ClN2O3/c1-11-10-12(8-9-14(11)18)23-15-7-5-4-6-13(15)16(20-22-3)17(21)19-2/h4-10H,1-3H3,(H,19,21)/b20-16+. The average Bonchev–Trinajstić information content (AvgIpc) is 2.56. The van der Waals surface area contributed by atoms with Gasteiger partial charge in [0.1, 0.15) is 18.6 Å². The lowest BCUT2D eigenvalue weighted by Gasteiger charge is -2.12. The first-order valence-electron chi connectivity index (χ1n) is 6.93. The molecule has 2 aromatic carbocycles. The summed E-state index contributed by atoms with van der Waals surface area (Å²) >= 11 is 6.02. The number of nitrogens with zero attached hydrogens (tertiary/aromatic N) is 1. The van der Waals surface area contributed by atoms with Gasteiger partial charge in [0.15, 0.2) is 5.71 Å². The first-order valence-corrected chi connectivity index (χ1v) is 7.31. The van der Waals surface area contributed by atoms with Crippen LogP contribution in [-0.4, -0.2) is 25.8 Å². The molecular weight excluding hydrogens is 316 g/mol. The van der Waals surface area contributed by atoms with Gasteiger partial charge in [0.25, 0.3) is 5.91 Å². The van der Waals surface area contributed by atoms with Gasteiger partial charge < -0.3 is 14.9 Å². The molecule has 2 rings (SSSR count). The van der Waals surface area contributed by atoms with Crippen LogP contribution in [0.4, 0.5) is 0 Å². The molecule has 0 radical (unpaired) electrons. The van der Waals surface area contributed by atoms with E-state index in [9.17, 15) is 4.79 Å². The van der Waals surface area contributed by atoms with E-state index in [4.69, 9.17) is 21.2 Å². The number of carbonyl (C=O) groups excluding carboxylic acids is 1. The SMILES string of the molecule is CNC(=O)/C(=N/OC)c1ccccc1Oc1ccc(Cl)c(C)c1. The third kappa shape index (κ3) is 4.02. The fourth-order valence-electron chi connectivity index (χ4n) is 1.98. The molecule has 0 aliphatic heterocycles. The largest absolute Gasteiger partial charge is 0.457 e. The summed E-state index contributed by atoms with van der Waals surface area (Å²) in [6.45, 7) is 1.89. The second-order valence-electron chi connectivity index (χ2n) is 4.71. The Morgan fingerprint density at radius 2 is 1.96 bits per heavy atom. The Kier molecular flexibility index (Phi) is 5.60. The minimum absolute atomic E-state index is 0.135. The summed E-state index contributed by atoms with van der Waals surface area (Å²) < 4.78 is 5.89. The summed E-state index contributed by atoms with van der Waals surface area (Å²) in [7, 11) is 2.91. The molecule has 23 heavy (non-hydrogen) atoms. The van der Waals surface area contributed by atoms with Crippen molar-refractivity contribution in [3.05, 3.63) is 58.6 Å². The molecule has 1 amide bonds. The van der Waals surface area contributed by atoms with Crippen LogP contribution in [0.2, 0.25) is 5.02 Å². The summed E-state index contributed by atoms with van der Waals surface area (Å²) in [6, 6.07) is 12.5. The van der Waals surface area contributed by atoms with Gasteiger partial charge in [0, 0.05) is 12.1 Å². The predicted octanol–water partition coefficient (Wildman–Crippen LogP) is 3.54. The van der Waals surface area contributed by atoms with Crippen molar-refractivity contribution in [1.82, 2.24) is 5.32 Å². The highest BCUT2D eigenvalue weighted by atomic mass is 35.5. The number of oxime groups is 1. The van der Waals surface area contributed by atoms with E-state index in [0.717, 1.165) is 5.56 Å². The second kappa shape index (κ2) is 7.65. The molecule has 6 heteroatoms. The van der Waals surface area contributed by atoms with Gasteiger partial charge in [-0.1, -0.05) is 28.9 Å². The number of hydrogen-bond donors (Lipinski definition) is 1. The van der Waals surface area contributed by atoms with Gasteiger partial charge in [-0.15, -0.1) is 0 Å². The van der Waals surface area contributed by atoms with Gasteiger partial charge in [0.05, 0.1) is 5.56 Å². The molecule has 0 saturated heterocycles. The number of para-hydroxylation sites is 1. The Hall–Kier alpha value is -2.53. The molecule has 2 aromatic rings. The predicted molar refractivity (Wildman–Crippen MR) is 90.3 cm³/mol. The lowest BCUT2D eigenvalue weighted by Crippen LogP contribution is -2.28. The van der Waals surface area contributed by atoms with E-state index in [2.05, 4.69) is 10.5 Å². The van der Waals surface area contributed by atoms with Crippen LogP contribution in [0.1, 0.15) is 11.1 Å². The fraction of sp³-hybridized carbons (Fsp3) is 0.176. The molecule has 0 aliphatic carbocycles. The van der Waals surface area contributed by atoms with Crippen LogP contribution >= 0.6 is 11.6 Å². The fourth-order valence-corrected chi connectivity index (χ4v) is 2.10. The van der Waals surface area contributed by atoms with Crippen LogP contribution in [0.25, 0.3) is 0 Å². The maximum atomic E-state index is 12.0. The summed E-state index contributed by atoms with van der Waals surface area (Å²) in [6.07, 6.45) is 0. The number of carbonyl (C=O) groups is 1. The summed E-state index contributed by atoms with van der Waals surface area (Å²) in [5.74, 6) is 0.747. The Labute approximate surface area is 139 Å². The van der Waals surface area contributed by atoms with Crippen LogP contribution in [0.15, 0.2) is 47.6 Å². The Morgan fingerprint density at radius 1 is 1.22 bits per heavy atom. The lowest BCUT2D eigenvalue weighted by molar-refractivity contribution is -0.114. The molecule has 120 valence electrons. The molecular formula is C17H17ClN2O3. The molecule has 0 fully saturated rings. The van der Waals surface area contributed by atoms with Gasteiger partial charge >= 0.3 is 0 Å². The second-order valence-corrected chi connectivity index (χ2v) is 5.12. The van der Waals surface area contributed by atoms with Crippen molar-refractivity contribution < 1.29 is 14.4 Å². The van der Waals surface area contributed by atoms with Crippen molar-refractivity contribution in [2.75, 3.05) is 14.2 Å². The molecule has 0 heterocycles. The third-order valence-corrected chi connectivity index (χ3v) is 3.55. The average molecular weight is 333 g/mol. The molecule has 1 N–H and O–H groups in total. The summed E-state index contributed by atoms with van der Waals surface area (Å²) in [4.78, 5) is 16.8. The number of aryl methyl sites for hydroxylation is 1. The number of ether oxygens (including phenoxy) is 1. The van der Waals surface area contributed by atoms with E-state index >= 15 is 0 Å². The molecule has 0 unspecified atom stereocenters. The zero-order chi connectivity index (χ0) is 16.8. The zero-order valence-electron chi connectivity index (χ0n) is 13.1. The summed E-state index contributed by atoms with van der Waals surface area (Å²) in [5, 5.41) is 7.00. The molecule has 0 saturated carbocycles. The van der Waals surface area contributed by atoms with Crippen LogP contribution in [-0.2, 0) is 9.63 Å². The highest BCUT2D eigenvalue weighted by molar-refractivity contribution is 6.45. The normalized spacial score (nSPS) is 11.0. The first-order chi connectivity index (χ1) is 11.1. The Bertz CT molecular complexity index is 744. The van der Waals surface area contributed by atoms with Crippen molar-refractivity contribution in [2.45, 2.75) is 6.92 Å². The summed E-state index contributed by atoms with van der Waals surface area (Å²) in [5.41, 5.74) is 1.57. The number of amides is 1. The number of hydrogen-bond acceptors (Lipinski definition) is 4. The van der Waals surface area contributed by atoms with Gasteiger partial charge in [-0.05, 0) is 42.8 Å². The molecule has 0 spiro atoms. The van der Waals surface area contributed by atoms with E-state index < -0.39 is 0 Å². The van der Waals surface area contributed by atoms with Gasteiger partial charge in [-0.2, -0.15) is 0 Å². The smallest absolute Gasteiger partial charge is 0.273 e. The number of benzene rings is 2. The molecule has 5 nitrogen and oxygen atoms in total. The van der Waals surface area contributed by atoms with Gasteiger partial charge in [-0.25, -0.2) is 0 Å². The lowest BCUT2D eigenvalue weighted by atomic mass is 10.1. The Morgan fingerprint density at radius 3 is 2.61 bits per heavy atom. The minimum atomic E-state index is -0.366. The monoisotopic (exact) mass is 332 g/mol. The maximum absolute atomic E-state index is 12.0. The van der Waals surface area contributed by atoms with E-state index in [1.165, 1.54) is 14.2 Å². The number of likely N-dealkylation sites (N-methyl/N-ethyl adjacent to an activating group) is 1. The molecule has 0 bridgehead atoms. The minimum Gasteiger partial charge on any atom is -0.457 e. The van der Waals surface area contributed by atoms with Crippen molar-refractivity contribution in [1.29, 1.82) is 0 Å². The van der Waals surface area contributed by atoms with Crippen LogP contribution in [0.5, 0.6) is 11.5 Å². The first kappa shape index (κ1) is 16.8. The van der Waals surface area contributed by atoms with Gasteiger partial charge in [0.2, 0.25) is 0 Å². The maximum Gasteiger partial charge on any atom is 0.273 e. The van der Waals surface area contributed by atoms with E-state index in [1.54, 1.807) is 30.3 Å².